The van der Waals surface area contributed by atoms with Crippen molar-refractivity contribution in [1.82, 2.24) is 15.1 Å². The van der Waals surface area contributed by atoms with Crippen LogP contribution in [0.1, 0.15) is 5.56 Å². The number of nitrogens with two attached hydrogens (primary N) is 1. The minimum Gasteiger partial charge on any atom is -0.382 e. The zero-order valence-electron chi connectivity index (χ0n) is 9.64. The van der Waals surface area contributed by atoms with Crippen LogP contribution in [0.5, 0.6) is 0 Å². The number of hydrogen-bond acceptors (Lipinski definition) is 3. The second kappa shape index (κ2) is 5.55. The molecule has 0 unspecified atom stereocenters. The van der Waals surface area contributed by atoms with E-state index in [1.54, 1.807) is 18.3 Å². The van der Waals surface area contributed by atoms with Gasteiger partial charge in [-0.1, -0.05) is 23.7 Å². The smallest absolute Gasteiger partial charge is 0.241 e. The van der Waals surface area contributed by atoms with Crippen molar-refractivity contribution in [3.05, 3.63) is 47.1 Å². The van der Waals surface area contributed by atoms with Crippen molar-refractivity contribution in [2.24, 2.45) is 0 Å². The number of halogens is 1. The topological polar surface area (TPSA) is 72.9 Å². The molecule has 0 spiro atoms. The van der Waals surface area contributed by atoms with E-state index < -0.39 is 0 Å². The van der Waals surface area contributed by atoms with E-state index in [-0.39, 0.29) is 12.5 Å². The van der Waals surface area contributed by atoms with Crippen molar-refractivity contribution >= 4 is 23.3 Å². The summed E-state index contributed by atoms with van der Waals surface area (Å²) < 4.78 is 1.49. The first kappa shape index (κ1) is 12.4. The summed E-state index contributed by atoms with van der Waals surface area (Å²) in [4.78, 5) is 11.6. The molecular weight excluding hydrogens is 252 g/mol. The van der Waals surface area contributed by atoms with Gasteiger partial charge in [0.05, 0.1) is 0 Å². The lowest BCUT2D eigenvalue weighted by Crippen LogP contribution is -2.27. The lowest BCUT2D eigenvalue weighted by molar-refractivity contribution is -0.122. The standard InChI is InChI=1S/C12H13ClN4O/c13-10-3-1-2-9(6-10)7-15-12(18)8-17-5-4-11(14)16-17/h1-6H,7-8H2,(H2,14,16)(H,15,18). The van der Waals surface area contributed by atoms with Crippen LogP contribution in [0.3, 0.4) is 0 Å². The highest BCUT2D eigenvalue weighted by Gasteiger charge is 2.03. The van der Waals surface area contributed by atoms with Crippen LogP contribution in [0.25, 0.3) is 0 Å². The third kappa shape index (κ3) is 3.49. The number of aromatic nitrogens is 2. The molecule has 3 N–H and O–H groups in total. The highest BCUT2D eigenvalue weighted by Crippen LogP contribution is 2.10. The van der Waals surface area contributed by atoms with E-state index in [2.05, 4.69) is 10.4 Å². The fourth-order valence-electron chi connectivity index (χ4n) is 1.52. The number of anilines is 1. The molecule has 1 heterocycles. The summed E-state index contributed by atoms with van der Waals surface area (Å²) in [6.45, 7) is 0.591. The molecule has 0 saturated carbocycles. The molecule has 6 heteroatoms. The Labute approximate surface area is 110 Å². The number of nitrogen functional groups attached to an aromatic ring is 1. The maximum atomic E-state index is 11.6. The summed E-state index contributed by atoms with van der Waals surface area (Å²) in [7, 11) is 0. The zero-order valence-corrected chi connectivity index (χ0v) is 10.4. The van der Waals surface area contributed by atoms with Crippen molar-refractivity contribution in [3.63, 3.8) is 0 Å². The maximum Gasteiger partial charge on any atom is 0.241 e. The van der Waals surface area contributed by atoms with E-state index in [1.807, 2.05) is 18.2 Å². The van der Waals surface area contributed by atoms with E-state index in [9.17, 15) is 4.79 Å². The summed E-state index contributed by atoms with van der Waals surface area (Å²) in [6.07, 6.45) is 1.66. The second-order valence-corrected chi connectivity index (χ2v) is 4.28. The van der Waals surface area contributed by atoms with Crippen molar-refractivity contribution in [2.75, 3.05) is 5.73 Å². The first-order valence-corrected chi connectivity index (χ1v) is 5.81. The number of carbonyl (C=O) groups excluding carboxylic acids is 1. The normalized spacial score (nSPS) is 10.3. The highest BCUT2D eigenvalue weighted by atomic mass is 35.5. The molecule has 0 radical (unpaired) electrons. The lowest BCUT2D eigenvalue weighted by Gasteiger charge is -2.05. The first-order valence-electron chi connectivity index (χ1n) is 5.43. The Morgan fingerprint density at radius 2 is 2.28 bits per heavy atom. The summed E-state index contributed by atoms with van der Waals surface area (Å²) >= 11 is 5.85. The first-order chi connectivity index (χ1) is 8.63. The van der Waals surface area contributed by atoms with Crippen molar-refractivity contribution in [1.29, 1.82) is 0 Å². The zero-order chi connectivity index (χ0) is 13.0. The van der Waals surface area contributed by atoms with Crippen LogP contribution in [0.4, 0.5) is 5.82 Å². The monoisotopic (exact) mass is 264 g/mol. The van der Waals surface area contributed by atoms with E-state index in [0.717, 1.165) is 5.56 Å². The van der Waals surface area contributed by atoms with Crippen molar-refractivity contribution in [3.8, 4) is 0 Å². The minimum atomic E-state index is -0.127. The third-order valence-corrected chi connectivity index (χ3v) is 2.58. The summed E-state index contributed by atoms with van der Waals surface area (Å²) in [6, 6.07) is 8.99. The van der Waals surface area contributed by atoms with Gasteiger partial charge in [-0.05, 0) is 23.8 Å². The minimum absolute atomic E-state index is 0.127. The van der Waals surface area contributed by atoms with Crippen LogP contribution in [0.2, 0.25) is 5.02 Å². The van der Waals surface area contributed by atoms with Crippen LogP contribution in [-0.2, 0) is 17.9 Å². The molecule has 1 aromatic carbocycles. The van der Waals surface area contributed by atoms with Crippen LogP contribution in [0.15, 0.2) is 36.5 Å². The van der Waals surface area contributed by atoms with Gasteiger partial charge in [-0.2, -0.15) is 5.10 Å². The molecule has 1 aromatic heterocycles. The molecular formula is C12H13ClN4O. The van der Waals surface area contributed by atoms with Crippen LogP contribution < -0.4 is 11.1 Å². The third-order valence-electron chi connectivity index (χ3n) is 2.35. The van der Waals surface area contributed by atoms with Crippen molar-refractivity contribution in [2.45, 2.75) is 13.1 Å². The SMILES string of the molecule is Nc1ccn(CC(=O)NCc2cccc(Cl)c2)n1. The fourth-order valence-corrected chi connectivity index (χ4v) is 1.73. The molecule has 5 nitrogen and oxygen atoms in total. The number of hydrogen-bond donors (Lipinski definition) is 2. The summed E-state index contributed by atoms with van der Waals surface area (Å²) in [5, 5.41) is 7.37. The predicted octanol–water partition coefficient (Wildman–Crippen LogP) is 1.44. The Bertz CT molecular complexity index is 553. The molecule has 0 fully saturated rings. The molecule has 0 saturated heterocycles. The van der Waals surface area contributed by atoms with Crippen LogP contribution >= 0.6 is 11.6 Å². The number of amides is 1. The molecule has 94 valence electrons. The van der Waals surface area contributed by atoms with Gasteiger partial charge >= 0.3 is 0 Å². The molecule has 0 bridgehead atoms. The van der Waals surface area contributed by atoms with Crippen molar-refractivity contribution < 1.29 is 4.79 Å². The Morgan fingerprint density at radius 3 is 2.94 bits per heavy atom. The molecule has 0 atom stereocenters. The van der Waals surface area contributed by atoms with Crippen LogP contribution in [0, 0.1) is 0 Å². The average Bonchev–Trinajstić information content (AvgIpc) is 2.72. The van der Waals surface area contributed by atoms with Gasteiger partial charge in [0.25, 0.3) is 0 Å². The Balaban J connectivity index is 1.85. The van der Waals surface area contributed by atoms with Gasteiger partial charge in [0, 0.05) is 17.8 Å². The lowest BCUT2D eigenvalue weighted by atomic mass is 10.2. The number of benzene rings is 1. The van der Waals surface area contributed by atoms with E-state index in [4.69, 9.17) is 17.3 Å². The van der Waals surface area contributed by atoms with Gasteiger partial charge in [-0.25, -0.2) is 0 Å². The maximum absolute atomic E-state index is 11.6. The summed E-state index contributed by atoms with van der Waals surface area (Å²) in [5.74, 6) is 0.274. The molecule has 2 aromatic rings. The number of carbonyl (C=O) groups is 1. The molecule has 0 aliphatic carbocycles. The number of nitrogens with zero attached hydrogens (tertiary/aromatic N) is 2. The molecule has 1 amide bonds. The Kier molecular flexibility index (Phi) is 3.84. The van der Waals surface area contributed by atoms with Gasteiger partial charge in [0.1, 0.15) is 12.4 Å². The molecule has 0 aliphatic rings. The van der Waals surface area contributed by atoms with Gasteiger partial charge < -0.3 is 11.1 Å². The van der Waals surface area contributed by atoms with Gasteiger partial charge in [0.2, 0.25) is 5.91 Å². The second-order valence-electron chi connectivity index (χ2n) is 3.84. The molecule has 0 aliphatic heterocycles. The quantitative estimate of drug-likeness (QED) is 0.878. The Hall–Kier alpha value is -2.01. The van der Waals surface area contributed by atoms with E-state index in [0.29, 0.717) is 17.4 Å². The van der Waals surface area contributed by atoms with E-state index in [1.165, 1.54) is 4.68 Å². The molecule has 18 heavy (non-hydrogen) atoms. The van der Waals surface area contributed by atoms with Crippen LogP contribution in [-0.4, -0.2) is 15.7 Å². The summed E-state index contributed by atoms with van der Waals surface area (Å²) in [5.41, 5.74) is 6.41. The predicted molar refractivity (Wildman–Crippen MR) is 69.9 cm³/mol. The highest BCUT2D eigenvalue weighted by molar-refractivity contribution is 6.30. The van der Waals surface area contributed by atoms with Gasteiger partial charge in [-0.15, -0.1) is 0 Å². The fraction of sp³-hybridized carbons (Fsp3) is 0.167. The Morgan fingerprint density at radius 1 is 1.44 bits per heavy atom. The number of nitrogens with one attached hydrogen (secondary N) is 1. The van der Waals surface area contributed by atoms with E-state index >= 15 is 0 Å². The average molecular weight is 265 g/mol. The largest absolute Gasteiger partial charge is 0.382 e. The van der Waals surface area contributed by atoms with Gasteiger partial charge in [0.15, 0.2) is 0 Å². The number of rotatable bonds is 4. The van der Waals surface area contributed by atoms with Gasteiger partial charge in [-0.3, -0.25) is 9.48 Å². The molecule has 2 rings (SSSR count).